The van der Waals surface area contributed by atoms with Crippen molar-refractivity contribution in [3.8, 4) is 67.5 Å². The van der Waals surface area contributed by atoms with Crippen LogP contribution in [0.2, 0.25) is 0 Å². The van der Waals surface area contributed by atoms with Gasteiger partial charge in [0, 0.05) is 33.8 Å². The predicted octanol–water partition coefficient (Wildman–Crippen LogP) is 14.2. The van der Waals surface area contributed by atoms with Gasteiger partial charge in [-0.2, -0.15) is 0 Å². The topological polar surface area (TPSA) is 50.9 Å². The van der Waals surface area contributed by atoms with E-state index in [1.54, 1.807) is 0 Å². The molecule has 1 N–H and O–H groups in total. The lowest BCUT2D eigenvalue weighted by atomic mass is 9.79. The molecule has 0 radical (unpaired) electrons. The lowest BCUT2D eigenvalue weighted by molar-refractivity contribution is 0.446. The Bertz CT molecular complexity index is 2960. The van der Waals surface area contributed by atoms with Crippen molar-refractivity contribution in [3.05, 3.63) is 181 Å². The summed E-state index contributed by atoms with van der Waals surface area (Å²) in [5.41, 5.74) is 13.5. The maximum absolute atomic E-state index is 12.4. The van der Waals surface area contributed by atoms with Gasteiger partial charge < -0.3 is 5.11 Å². The zero-order chi connectivity index (χ0) is 40.2. The van der Waals surface area contributed by atoms with Gasteiger partial charge in [-0.25, -0.2) is 4.98 Å². The van der Waals surface area contributed by atoms with Crippen LogP contribution in [0.4, 0.5) is 0 Å². The molecule has 0 spiro atoms. The summed E-state index contributed by atoms with van der Waals surface area (Å²) in [4.78, 5) is 10.4. The monoisotopic (exact) mass is 753 g/mol. The van der Waals surface area contributed by atoms with Gasteiger partial charge in [-0.15, -0.1) is 0 Å². The SMILES string of the molecule is CC(C)(C)c1cc(-c2nc3c(-c4cccc(-c5cc6ccccc6cn5)c4)cccc3n2-c2ccc(-c3ccccc3)cc2-c2ccccc2)c(O)c(C(C)(C)C)c1. The van der Waals surface area contributed by atoms with Gasteiger partial charge in [0.15, 0.2) is 0 Å². The summed E-state index contributed by atoms with van der Waals surface area (Å²) in [5.74, 6) is 0.943. The molecule has 9 rings (SSSR count). The molecule has 0 saturated heterocycles. The highest BCUT2D eigenvalue weighted by Gasteiger charge is 2.29. The van der Waals surface area contributed by atoms with Crippen LogP contribution >= 0.6 is 0 Å². The molecular formula is C54H47N3O. The first-order valence-electron chi connectivity index (χ1n) is 20.0. The van der Waals surface area contributed by atoms with Crippen LogP contribution in [-0.4, -0.2) is 19.6 Å². The van der Waals surface area contributed by atoms with E-state index in [4.69, 9.17) is 9.97 Å². The van der Waals surface area contributed by atoms with Crippen molar-refractivity contribution in [2.45, 2.75) is 52.4 Å². The van der Waals surface area contributed by atoms with Gasteiger partial charge in [-0.05, 0) is 80.4 Å². The second-order valence-electron chi connectivity index (χ2n) is 17.3. The molecule has 284 valence electrons. The van der Waals surface area contributed by atoms with Gasteiger partial charge in [0.25, 0.3) is 0 Å². The van der Waals surface area contributed by atoms with Crippen molar-refractivity contribution in [2.24, 2.45) is 0 Å². The Kier molecular flexibility index (Phi) is 9.09. The van der Waals surface area contributed by atoms with Gasteiger partial charge in [0.05, 0.1) is 28.0 Å². The number of rotatable bonds is 6. The first-order chi connectivity index (χ1) is 27.9. The van der Waals surface area contributed by atoms with E-state index >= 15 is 0 Å². The fourth-order valence-corrected chi connectivity index (χ4v) is 8.04. The largest absolute Gasteiger partial charge is 0.507 e. The molecule has 58 heavy (non-hydrogen) atoms. The molecular weight excluding hydrogens is 707 g/mol. The number of pyridine rings is 1. The van der Waals surface area contributed by atoms with E-state index in [9.17, 15) is 5.11 Å². The molecule has 2 aromatic heterocycles. The van der Waals surface area contributed by atoms with Gasteiger partial charge in [0.2, 0.25) is 0 Å². The first-order valence-corrected chi connectivity index (χ1v) is 20.0. The third-order valence-corrected chi connectivity index (χ3v) is 11.2. The summed E-state index contributed by atoms with van der Waals surface area (Å²) in [5, 5.41) is 14.7. The molecule has 2 heterocycles. The fourth-order valence-electron chi connectivity index (χ4n) is 8.04. The molecule has 7 aromatic carbocycles. The number of aromatic nitrogens is 3. The second kappa shape index (κ2) is 14.3. The van der Waals surface area contributed by atoms with Crippen LogP contribution in [0.15, 0.2) is 170 Å². The summed E-state index contributed by atoms with van der Waals surface area (Å²) >= 11 is 0. The minimum atomic E-state index is -0.314. The third-order valence-electron chi connectivity index (χ3n) is 11.2. The highest BCUT2D eigenvalue weighted by molar-refractivity contribution is 5.98. The summed E-state index contributed by atoms with van der Waals surface area (Å²) in [6.45, 7) is 13.2. The lowest BCUT2D eigenvalue weighted by Crippen LogP contribution is -2.17. The van der Waals surface area contributed by atoms with Gasteiger partial charge in [0.1, 0.15) is 11.6 Å². The normalized spacial score (nSPS) is 12.0. The van der Waals surface area contributed by atoms with Crippen molar-refractivity contribution in [3.63, 3.8) is 0 Å². The fraction of sp³-hybridized carbons (Fsp3) is 0.148. The molecule has 4 nitrogen and oxygen atoms in total. The molecule has 0 aliphatic rings. The van der Waals surface area contributed by atoms with E-state index in [1.165, 1.54) is 0 Å². The number of benzene rings is 7. The summed E-state index contributed by atoms with van der Waals surface area (Å²) < 4.78 is 2.26. The smallest absolute Gasteiger partial charge is 0.149 e. The Morgan fingerprint density at radius 3 is 1.86 bits per heavy atom. The Labute approximate surface area is 341 Å². The molecule has 0 atom stereocenters. The molecule has 0 aliphatic carbocycles. The van der Waals surface area contributed by atoms with E-state index in [0.29, 0.717) is 11.4 Å². The molecule has 0 amide bonds. The molecule has 0 bridgehead atoms. The quantitative estimate of drug-likeness (QED) is 0.184. The first kappa shape index (κ1) is 36.8. The van der Waals surface area contributed by atoms with Gasteiger partial charge >= 0.3 is 0 Å². The number of aromatic hydroxyl groups is 1. The summed E-state index contributed by atoms with van der Waals surface area (Å²) in [6.07, 6.45) is 1.95. The highest BCUT2D eigenvalue weighted by Crippen LogP contribution is 2.46. The zero-order valence-electron chi connectivity index (χ0n) is 34.0. The number of fused-ring (bicyclic) bond motifs is 2. The number of hydrogen-bond acceptors (Lipinski definition) is 3. The molecule has 0 aliphatic heterocycles. The standard InChI is InChI=1S/C54H47N3O/c1-53(2,3)42-32-45(51(58)46(33-42)54(4,5)6)52-56-50-43(39-23-15-24-40(29-39)47-31-37-21-13-14-22-41(37)34-55-47)25-16-26-49(50)57(52)48-28-27-38(35-17-9-7-10-18-35)30-44(48)36-19-11-8-12-20-36/h7-34,58H,1-6H3. The maximum Gasteiger partial charge on any atom is 0.149 e. The average Bonchev–Trinajstić information content (AvgIpc) is 3.62. The number of nitrogens with zero attached hydrogens (tertiary/aromatic N) is 3. The van der Waals surface area contributed by atoms with E-state index in [2.05, 4.69) is 204 Å². The van der Waals surface area contributed by atoms with Crippen molar-refractivity contribution < 1.29 is 5.11 Å². The molecule has 4 heteroatoms. The molecule has 0 saturated carbocycles. The van der Waals surface area contributed by atoms with E-state index in [-0.39, 0.29) is 16.6 Å². The Hall–Kier alpha value is -6.78. The van der Waals surface area contributed by atoms with Crippen LogP contribution in [0.3, 0.4) is 0 Å². The van der Waals surface area contributed by atoms with Gasteiger partial charge in [-0.1, -0.05) is 169 Å². The van der Waals surface area contributed by atoms with Crippen molar-refractivity contribution in [2.75, 3.05) is 0 Å². The average molecular weight is 754 g/mol. The van der Waals surface area contributed by atoms with E-state index in [0.717, 1.165) is 83.3 Å². The van der Waals surface area contributed by atoms with Crippen LogP contribution in [0, 0.1) is 0 Å². The maximum atomic E-state index is 12.4. The van der Waals surface area contributed by atoms with Crippen molar-refractivity contribution in [1.29, 1.82) is 0 Å². The Morgan fingerprint density at radius 2 is 1.14 bits per heavy atom. The third kappa shape index (κ3) is 6.75. The summed E-state index contributed by atoms with van der Waals surface area (Å²) in [7, 11) is 0. The minimum absolute atomic E-state index is 0.172. The summed E-state index contributed by atoms with van der Waals surface area (Å²) in [6, 6.07) is 57.6. The Balaban J connectivity index is 1.34. The number of para-hydroxylation sites is 1. The molecule has 9 aromatic rings. The molecule has 0 unspecified atom stereocenters. The number of hydrogen-bond donors (Lipinski definition) is 1. The van der Waals surface area contributed by atoms with Crippen LogP contribution in [0.1, 0.15) is 52.7 Å². The minimum Gasteiger partial charge on any atom is -0.507 e. The van der Waals surface area contributed by atoms with Crippen LogP contribution in [0.25, 0.3) is 83.5 Å². The number of phenolic OH excluding ortho intramolecular Hbond substituents is 1. The van der Waals surface area contributed by atoms with Crippen LogP contribution in [-0.2, 0) is 10.8 Å². The number of imidazole rings is 1. The van der Waals surface area contributed by atoms with Crippen molar-refractivity contribution in [1.82, 2.24) is 14.5 Å². The van der Waals surface area contributed by atoms with Crippen molar-refractivity contribution >= 4 is 21.8 Å². The van der Waals surface area contributed by atoms with Crippen LogP contribution < -0.4 is 0 Å². The van der Waals surface area contributed by atoms with E-state index < -0.39 is 0 Å². The predicted molar refractivity (Wildman–Crippen MR) is 243 cm³/mol. The second-order valence-corrected chi connectivity index (χ2v) is 17.3. The molecule has 0 fully saturated rings. The van der Waals surface area contributed by atoms with Crippen LogP contribution in [0.5, 0.6) is 5.75 Å². The van der Waals surface area contributed by atoms with Gasteiger partial charge in [-0.3, -0.25) is 9.55 Å². The van der Waals surface area contributed by atoms with E-state index in [1.807, 2.05) is 12.3 Å². The lowest BCUT2D eigenvalue weighted by Gasteiger charge is -2.27. The highest BCUT2D eigenvalue weighted by atomic mass is 16.3. The zero-order valence-corrected chi connectivity index (χ0v) is 34.0. The number of phenols is 1. The Morgan fingerprint density at radius 1 is 0.483 bits per heavy atom.